The normalized spacial score (nSPS) is 11.1. The van der Waals surface area contributed by atoms with Gasteiger partial charge in [0.1, 0.15) is 5.75 Å². The van der Waals surface area contributed by atoms with E-state index in [4.69, 9.17) is 5.73 Å². The minimum atomic E-state index is -3.84. The monoisotopic (exact) mass is 368 g/mol. The molecule has 0 aliphatic carbocycles. The van der Waals surface area contributed by atoms with Gasteiger partial charge in [-0.3, -0.25) is 9.52 Å². The standard InChI is InChI=1S/C19H16N2O4S/c20-19(23)17-11-8-15(12-18(17)22)21-26(24,25)16-9-6-14(7-10-16)13-4-2-1-3-5-13/h1-12,21-22H,(H2,20,23). The highest BCUT2D eigenvalue weighted by molar-refractivity contribution is 7.92. The Morgan fingerprint density at radius 3 is 2.08 bits per heavy atom. The van der Waals surface area contributed by atoms with Crippen LogP contribution in [0.4, 0.5) is 5.69 Å². The highest BCUT2D eigenvalue weighted by Gasteiger charge is 2.16. The van der Waals surface area contributed by atoms with E-state index in [1.807, 2.05) is 30.3 Å². The summed E-state index contributed by atoms with van der Waals surface area (Å²) in [6, 6.07) is 19.8. The molecule has 3 aromatic rings. The number of amides is 1. The maximum Gasteiger partial charge on any atom is 0.261 e. The summed E-state index contributed by atoms with van der Waals surface area (Å²) in [5.74, 6) is -1.19. The van der Waals surface area contributed by atoms with Crippen molar-refractivity contribution < 1.29 is 18.3 Å². The second-order valence-corrected chi connectivity index (χ2v) is 7.27. The molecular weight excluding hydrogens is 352 g/mol. The highest BCUT2D eigenvalue weighted by atomic mass is 32.2. The molecule has 0 saturated heterocycles. The number of nitrogens with two attached hydrogens (primary N) is 1. The van der Waals surface area contributed by atoms with E-state index < -0.39 is 21.7 Å². The molecule has 0 spiro atoms. The molecule has 1 amide bonds. The topological polar surface area (TPSA) is 109 Å². The molecule has 3 rings (SSSR count). The second-order valence-electron chi connectivity index (χ2n) is 5.59. The summed E-state index contributed by atoms with van der Waals surface area (Å²) in [5, 5.41) is 9.76. The Morgan fingerprint density at radius 2 is 1.50 bits per heavy atom. The second kappa shape index (κ2) is 6.89. The predicted octanol–water partition coefficient (Wildman–Crippen LogP) is 2.96. The number of carbonyl (C=O) groups is 1. The Hall–Kier alpha value is -3.32. The average Bonchev–Trinajstić information content (AvgIpc) is 2.62. The summed E-state index contributed by atoms with van der Waals surface area (Å²) in [5.41, 5.74) is 7.03. The first-order valence-electron chi connectivity index (χ1n) is 7.68. The van der Waals surface area contributed by atoms with E-state index in [1.165, 1.54) is 24.3 Å². The van der Waals surface area contributed by atoms with Crippen LogP contribution in [-0.4, -0.2) is 19.4 Å². The zero-order valence-corrected chi connectivity index (χ0v) is 14.4. The van der Waals surface area contributed by atoms with Crippen LogP contribution in [0.25, 0.3) is 11.1 Å². The van der Waals surface area contributed by atoms with Crippen molar-refractivity contribution in [1.29, 1.82) is 0 Å². The Bertz CT molecular complexity index is 1050. The molecule has 6 nitrogen and oxygen atoms in total. The maximum absolute atomic E-state index is 12.5. The van der Waals surface area contributed by atoms with Crippen molar-refractivity contribution in [2.24, 2.45) is 5.73 Å². The number of phenols is 1. The van der Waals surface area contributed by atoms with E-state index in [9.17, 15) is 18.3 Å². The molecule has 7 heteroatoms. The molecule has 0 heterocycles. The lowest BCUT2D eigenvalue weighted by molar-refractivity contribution is 0.0998. The number of rotatable bonds is 5. The molecule has 0 unspecified atom stereocenters. The molecule has 0 atom stereocenters. The van der Waals surface area contributed by atoms with Crippen LogP contribution in [0.1, 0.15) is 10.4 Å². The number of hydrogen-bond acceptors (Lipinski definition) is 4. The largest absolute Gasteiger partial charge is 0.507 e. The van der Waals surface area contributed by atoms with E-state index in [-0.39, 0.29) is 16.1 Å². The van der Waals surface area contributed by atoms with Crippen LogP contribution in [0.2, 0.25) is 0 Å². The van der Waals surface area contributed by atoms with Gasteiger partial charge in [-0.15, -0.1) is 0 Å². The van der Waals surface area contributed by atoms with Crippen molar-refractivity contribution >= 4 is 21.6 Å². The number of aromatic hydroxyl groups is 1. The van der Waals surface area contributed by atoms with Crippen molar-refractivity contribution in [3.63, 3.8) is 0 Å². The Kier molecular flexibility index (Phi) is 4.64. The molecule has 0 radical (unpaired) electrons. The molecule has 132 valence electrons. The average molecular weight is 368 g/mol. The van der Waals surface area contributed by atoms with Crippen LogP contribution in [0.3, 0.4) is 0 Å². The Labute approximate surface area is 151 Å². The van der Waals surface area contributed by atoms with Gasteiger partial charge in [-0.2, -0.15) is 0 Å². The van der Waals surface area contributed by atoms with Crippen molar-refractivity contribution in [3.05, 3.63) is 78.4 Å². The quantitative estimate of drug-likeness (QED) is 0.643. The molecule has 0 aliphatic heterocycles. The number of sulfonamides is 1. The van der Waals surface area contributed by atoms with Gasteiger partial charge < -0.3 is 10.8 Å². The van der Waals surface area contributed by atoms with Crippen molar-refractivity contribution in [2.45, 2.75) is 4.90 Å². The van der Waals surface area contributed by atoms with Gasteiger partial charge in [-0.25, -0.2) is 8.42 Å². The number of benzene rings is 3. The minimum Gasteiger partial charge on any atom is -0.507 e. The van der Waals surface area contributed by atoms with Crippen molar-refractivity contribution in [2.75, 3.05) is 4.72 Å². The molecule has 0 fully saturated rings. The Balaban J connectivity index is 1.84. The first-order chi connectivity index (χ1) is 12.4. The fourth-order valence-electron chi connectivity index (χ4n) is 2.47. The van der Waals surface area contributed by atoms with Gasteiger partial charge >= 0.3 is 0 Å². The third kappa shape index (κ3) is 3.68. The summed E-state index contributed by atoms with van der Waals surface area (Å²) < 4.78 is 27.4. The van der Waals surface area contributed by atoms with Crippen LogP contribution < -0.4 is 10.5 Å². The lowest BCUT2D eigenvalue weighted by Crippen LogP contribution is -2.14. The van der Waals surface area contributed by atoms with Crippen LogP contribution >= 0.6 is 0 Å². The zero-order chi connectivity index (χ0) is 18.7. The summed E-state index contributed by atoms with van der Waals surface area (Å²) in [4.78, 5) is 11.2. The SMILES string of the molecule is NC(=O)c1ccc(NS(=O)(=O)c2ccc(-c3ccccc3)cc2)cc1O. The smallest absolute Gasteiger partial charge is 0.261 e. The number of primary amides is 1. The maximum atomic E-state index is 12.5. The lowest BCUT2D eigenvalue weighted by Gasteiger charge is -2.10. The molecule has 4 N–H and O–H groups in total. The minimum absolute atomic E-state index is 0.0793. The first kappa shape index (κ1) is 17.5. The molecule has 0 bridgehead atoms. The third-order valence-electron chi connectivity index (χ3n) is 3.79. The van der Waals surface area contributed by atoms with Gasteiger partial charge in [0.2, 0.25) is 0 Å². The van der Waals surface area contributed by atoms with Gasteiger partial charge in [-0.1, -0.05) is 42.5 Å². The van der Waals surface area contributed by atoms with Crippen LogP contribution in [0.5, 0.6) is 5.75 Å². The van der Waals surface area contributed by atoms with Gasteiger partial charge in [0.05, 0.1) is 16.1 Å². The Morgan fingerprint density at radius 1 is 0.885 bits per heavy atom. The zero-order valence-electron chi connectivity index (χ0n) is 13.6. The van der Waals surface area contributed by atoms with Gasteiger partial charge in [0.25, 0.3) is 15.9 Å². The fraction of sp³-hybridized carbons (Fsp3) is 0. The van der Waals surface area contributed by atoms with Crippen molar-refractivity contribution in [3.8, 4) is 16.9 Å². The summed E-state index contributed by atoms with van der Waals surface area (Å²) in [6.07, 6.45) is 0. The van der Waals surface area contributed by atoms with Gasteiger partial charge in [-0.05, 0) is 35.4 Å². The number of hydrogen-bond donors (Lipinski definition) is 3. The molecule has 0 saturated carbocycles. The number of carbonyl (C=O) groups excluding carboxylic acids is 1. The number of anilines is 1. The molecule has 0 aliphatic rings. The van der Waals surface area contributed by atoms with Crippen LogP contribution in [0.15, 0.2) is 77.7 Å². The molecule has 0 aromatic heterocycles. The van der Waals surface area contributed by atoms with Gasteiger partial charge in [0, 0.05) is 6.07 Å². The number of nitrogens with one attached hydrogen (secondary N) is 1. The van der Waals surface area contributed by atoms with E-state index in [1.54, 1.807) is 12.1 Å². The van der Waals surface area contributed by atoms with Crippen molar-refractivity contribution in [1.82, 2.24) is 0 Å². The van der Waals surface area contributed by atoms with E-state index >= 15 is 0 Å². The van der Waals surface area contributed by atoms with Gasteiger partial charge in [0.15, 0.2) is 0 Å². The molecule has 3 aromatic carbocycles. The van der Waals surface area contributed by atoms with E-state index in [0.717, 1.165) is 17.2 Å². The first-order valence-corrected chi connectivity index (χ1v) is 9.16. The highest BCUT2D eigenvalue weighted by Crippen LogP contribution is 2.25. The van der Waals surface area contributed by atoms with E-state index in [0.29, 0.717) is 0 Å². The predicted molar refractivity (Wildman–Crippen MR) is 99.3 cm³/mol. The summed E-state index contributed by atoms with van der Waals surface area (Å²) in [7, 11) is -3.84. The van der Waals surface area contributed by atoms with Crippen LogP contribution in [0, 0.1) is 0 Å². The molecular formula is C19H16N2O4S. The lowest BCUT2D eigenvalue weighted by atomic mass is 10.1. The third-order valence-corrected chi connectivity index (χ3v) is 5.18. The van der Waals surface area contributed by atoms with Crippen LogP contribution in [-0.2, 0) is 10.0 Å². The fourth-order valence-corrected chi connectivity index (χ4v) is 3.52. The molecule has 26 heavy (non-hydrogen) atoms. The summed E-state index contributed by atoms with van der Waals surface area (Å²) >= 11 is 0. The summed E-state index contributed by atoms with van der Waals surface area (Å²) in [6.45, 7) is 0. The van der Waals surface area contributed by atoms with E-state index in [2.05, 4.69) is 4.72 Å².